The van der Waals surface area contributed by atoms with Crippen molar-refractivity contribution in [3.63, 3.8) is 0 Å². The van der Waals surface area contributed by atoms with Gasteiger partial charge in [0.2, 0.25) is 0 Å². The first-order valence-electron chi connectivity index (χ1n) is 7.86. The number of aryl methyl sites for hydroxylation is 1. The van der Waals surface area contributed by atoms with E-state index in [0.717, 1.165) is 36.8 Å². The zero-order valence-corrected chi connectivity index (χ0v) is 13.8. The van der Waals surface area contributed by atoms with Gasteiger partial charge in [0.05, 0.1) is 5.52 Å². The normalized spacial score (nSPS) is 18.4. The van der Waals surface area contributed by atoms with E-state index in [1.807, 2.05) is 24.3 Å². The monoisotopic (exact) mass is 314 g/mol. The number of fused-ring (bicyclic) bond motifs is 1. The molecule has 3 rings (SSSR count). The summed E-state index contributed by atoms with van der Waals surface area (Å²) in [6.07, 6.45) is 2.12. The van der Waals surface area contributed by atoms with E-state index in [4.69, 9.17) is 0 Å². The first-order chi connectivity index (χ1) is 10.9. The van der Waals surface area contributed by atoms with Crippen LogP contribution in [0.15, 0.2) is 34.2 Å². The second-order valence-electron chi connectivity index (χ2n) is 6.89. The molecular formula is C17H22N4O2. The summed E-state index contributed by atoms with van der Waals surface area (Å²) in [6, 6.07) is 7.66. The summed E-state index contributed by atoms with van der Waals surface area (Å²) in [4.78, 5) is 19.0. The van der Waals surface area contributed by atoms with Crippen molar-refractivity contribution in [3.05, 3.63) is 40.1 Å². The fourth-order valence-corrected chi connectivity index (χ4v) is 3.05. The topological polar surface area (TPSA) is 70.7 Å². The van der Waals surface area contributed by atoms with Crippen LogP contribution in [0.3, 0.4) is 0 Å². The highest BCUT2D eigenvalue weighted by atomic mass is 16.4. The molecule has 0 radical (unpaired) electrons. The highest BCUT2D eigenvalue weighted by Crippen LogP contribution is 2.33. The number of piperidine rings is 1. The quantitative estimate of drug-likeness (QED) is 0.644. The number of hydrogen-bond acceptors (Lipinski definition) is 5. The van der Waals surface area contributed by atoms with Crippen LogP contribution in [0, 0.1) is 5.41 Å². The van der Waals surface area contributed by atoms with E-state index in [0.29, 0.717) is 11.2 Å². The predicted octanol–water partition coefficient (Wildman–Crippen LogP) is 1.85. The van der Waals surface area contributed by atoms with Gasteiger partial charge in [-0.1, -0.05) is 31.1 Å². The summed E-state index contributed by atoms with van der Waals surface area (Å²) in [5.41, 5.74) is 0.512. The van der Waals surface area contributed by atoms with Crippen molar-refractivity contribution in [2.24, 2.45) is 17.6 Å². The van der Waals surface area contributed by atoms with E-state index >= 15 is 0 Å². The van der Waals surface area contributed by atoms with Crippen molar-refractivity contribution in [3.8, 4) is 0 Å². The van der Waals surface area contributed by atoms with E-state index in [-0.39, 0.29) is 5.49 Å². The Labute approximate surface area is 134 Å². The van der Waals surface area contributed by atoms with Crippen LogP contribution in [0.25, 0.3) is 10.9 Å². The molecular weight excluding hydrogens is 292 g/mol. The zero-order valence-electron chi connectivity index (χ0n) is 13.8. The molecule has 1 aromatic carbocycles. The smallest absolute Gasteiger partial charge is 0.299 e. The Hall–Kier alpha value is -2.37. The Kier molecular flexibility index (Phi) is 3.83. The van der Waals surface area contributed by atoms with Crippen molar-refractivity contribution in [1.82, 2.24) is 9.55 Å². The Morgan fingerprint density at radius 2 is 1.87 bits per heavy atom. The maximum Gasteiger partial charge on any atom is 0.299 e. The number of para-hydroxylation sites is 1. The van der Waals surface area contributed by atoms with Crippen LogP contribution in [0.2, 0.25) is 0 Å². The van der Waals surface area contributed by atoms with Crippen molar-refractivity contribution < 1.29 is 5.21 Å². The Morgan fingerprint density at radius 1 is 1.22 bits per heavy atom. The molecule has 0 amide bonds. The van der Waals surface area contributed by atoms with Crippen molar-refractivity contribution >= 4 is 16.7 Å². The third-order valence-electron chi connectivity index (χ3n) is 4.73. The molecule has 0 bridgehead atoms. The molecule has 0 aliphatic carbocycles. The summed E-state index contributed by atoms with van der Waals surface area (Å²) >= 11 is 0. The Balaban J connectivity index is 2.27. The highest BCUT2D eigenvalue weighted by molar-refractivity contribution is 5.89. The van der Waals surface area contributed by atoms with Gasteiger partial charge >= 0.3 is 0 Å². The molecule has 122 valence electrons. The summed E-state index contributed by atoms with van der Waals surface area (Å²) in [5, 5.41) is 13.2. The Morgan fingerprint density at radius 3 is 2.52 bits per heavy atom. The lowest BCUT2D eigenvalue weighted by Gasteiger charge is -2.37. The average molecular weight is 314 g/mol. The van der Waals surface area contributed by atoms with Crippen LogP contribution in [-0.4, -0.2) is 27.8 Å². The fourth-order valence-electron chi connectivity index (χ4n) is 3.05. The number of anilines is 1. The van der Waals surface area contributed by atoms with Gasteiger partial charge in [-0.05, 0) is 30.4 Å². The van der Waals surface area contributed by atoms with E-state index < -0.39 is 5.56 Å². The lowest BCUT2D eigenvalue weighted by molar-refractivity contribution is 0.278. The summed E-state index contributed by atoms with van der Waals surface area (Å²) in [5.74, 6) is 0.710. The molecule has 1 saturated heterocycles. The lowest BCUT2D eigenvalue weighted by Crippen LogP contribution is -2.39. The molecule has 2 aromatic rings. The molecule has 1 N–H and O–H groups in total. The minimum absolute atomic E-state index is 0.177. The third kappa shape index (κ3) is 2.81. The standard InChI is InChI=1S/C17H22N4O2/c1-17(2)8-10-21(11-9-17)15-12-6-4-5-7-13(12)20(3)16(22)14(18-15)19-23/h4-7,23H,8-11H2,1-3H3. The van der Waals surface area contributed by atoms with Crippen molar-refractivity contribution in [2.75, 3.05) is 18.0 Å². The van der Waals surface area contributed by atoms with Crippen molar-refractivity contribution in [1.29, 1.82) is 0 Å². The van der Waals surface area contributed by atoms with E-state index in [2.05, 4.69) is 28.9 Å². The maximum absolute atomic E-state index is 12.4. The van der Waals surface area contributed by atoms with Gasteiger partial charge in [0.1, 0.15) is 5.82 Å². The Bertz CT molecular complexity index is 860. The van der Waals surface area contributed by atoms with Crippen LogP contribution >= 0.6 is 0 Å². The first kappa shape index (κ1) is 15.5. The van der Waals surface area contributed by atoms with Gasteiger partial charge in [-0.25, -0.2) is 4.98 Å². The van der Waals surface area contributed by atoms with Gasteiger partial charge in [-0.2, -0.15) is 0 Å². The molecule has 2 heterocycles. The summed E-state index contributed by atoms with van der Waals surface area (Å²) in [6.45, 7) is 6.28. The number of rotatable bonds is 1. The molecule has 0 unspecified atom stereocenters. The predicted molar refractivity (Wildman–Crippen MR) is 89.6 cm³/mol. The number of benzene rings is 1. The van der Waals surface area contributed by atoms with Crippen LogP contribution < -0.4 is 15.9 Å². The van der Waals surface area contributed by atoms with Gasteiger partial charge in [0, 0.05) is 25.5 Å². The van der Waals surface area contributed by atoms with Crippen LogP contribution in [0.5, 0.6) is 0 Å². The molecule has 0 saturated carbocycles. The summed E-state index contributed by atoms with van der Waals surface area (Å²) in [7, 11) is 1.67. The second kappa shape index (κ2) is 5.68. The molecule has 1 fully saturated rings. The molecule has 1 aromatic heterocycles. The van der Waals surface area contributed by atoms with E-state index in [1.54, 1.807) is 7.05 Å². The van der Waals surface area contributed by atoms with Gasteiger partial charge in [0.25, 0.3) is 11.0 Å². The molecule has 0 spiro atoms. The van der Waals surface area contributed by atoms with Gasteiger partial charge in [0.15, 0.2) is 0 Å². The first-order valence-corrected chi connectivity index (χ1v) is 7.86. The lowest BCUT2D eigenvalue weighted by atomic mass is 9.82. The van der Waals surface area contributed by atoms with E-state index in [1.165, 1.54) is 4.57 Å². The number of aromatic nitrogens is 2. The van der Waals surface area contributed by atoms with Crippen molar-refractivity contribution in [2.45, 2.75) is 26.7 Å². The third-order valence-corrected chi connectivity index (χ3v) is 4.73. The fraction of sp³-hybridized carbons (Fsp3) is 0.471. The van der Waals surface area contributed by atoms with Gasteiger partial charge in [-0.15, -0.1) is 0 Å². The van der Waals surface area contributed by atoms with Gasteiger partial charge < -0.3 is 14.7 Å². The SMILES string of the molecule is Cn1c(=O)c(=NO)nc(N2CCC(C)(C)CC2)c2ccccc21. The average Bonchev–Trinajstić information content (AvgIpc) is 2.65. The minimum Gasteiger partial charge on any atom is -0.409 e. The molecule has 6 nitrogen and oxygen atoms in total. The molecule has 1 aliphatic heterocycles. The number of nitrogens with zero attached hydrogens (tertiary/aromatic N) is 4. The number of hydrogen-bond donors (Lipinski definition) is 1. The molecule has 1 aliphatic rings. The van der Waals surface area contributed by atoms with Gasteiger partial charge in [-0.3, -0.25) is 4.79 Å². The maximum atomic E-state index is 12.4. The second-order valence-corrected chi connectivity index (χ2v) is 6.89. The zero-order chi connectivity index (χ0) is 16.6. The van der Waals surface area contributed by atoms with E-state index in [9.17, 15) is 10.0 Å². The van der Waals surface area contributed by atoms with Crippen LogP contribution in [0.4, 0.5) is 5.82 Å². The molecule has 0 atom stereocenters. The summed E-state index contributed by atoms with van der Waals surface area (Å²) < 4.78 is 1.48. The molecule has 6 heteroatoms. The molecule has 23 heavy (non-hydrogen) atoms. The van der Waals surface area contributed by atoms with Crippen LogP contribution in [0.1, 0.15) is 26.7 Å². The van der Waals surface area contributed by atoms with Crippen LogP contribution in [-0.2, 0) is 7.05 Å². The largest absolute Gasteiger partial charge is 0.409 e. The minimum atomic E-state index is -0.410. The highest BCUT2D eigenvalue weighted by Gasteiger charge is 2.27.